The maximum Gasteiger partial charge on any atom is 0.330 e. The lowest BCUT2D eigenvalue weighted by Gasteiger charge is -2.08. The van der Waals surface area contributed by atoms with Crippen molar-refractivity contribution >= 4 is 34.9 Å². The highest BCUT2D eigenvalue weighted by Crippen LogP contribution is 2.38. The Balaban J connectivity index is 2.11. The second-order valence-corrected chi connectivity index (χ2v) is 4.28. The van der Waals surface area contributed by atoms with Crippen LogP contribution in [0.15, 0.2) is 18.2 Å². The molecule has 1 aromatic carbocycles. The van der Waals surface area contributed by atoms with E-state index in [0.29, 0.717) is 23.2 Å². The molecule has 0 bridgehead atoms. The summed E-state index contributed by atoms with van der Waals surface area (Å²) in [5, 5.41) is 0.977. The van der Waals surface area contributed by atoms with Crippen molar-refractivity contribution in [1.82, 2.24) is 0 Å². The summed E-state index contributed by atoms with van der Waals surface area (Å²) in [6.45, 7) is 2.82. The van der Waals surface area contributed by atoms with Crippen LogP contribution in [0.25, 0.3) is 0 Å². The highest BCUT2D eigenvalue weighted by molar-refractivity contribution is 6.43. The zero-order chi connectivity index (χ0) is 11.7. The summed E-state index contributed by atoms with van der Waals surface area (Å²) in [7, 11) is 0. The molecule has 0 aliphatic carbocycles. The van der Waals surface area contributed by atoms with Crippen molar-refractivity contribution in [3.8, 4) is 0 Å². The Labute approximate surface area is 104 Å². The number of carbonyl (C=O) groups excluding carboxylic acids is 1. The number of halogens is 2. The maximum atomic E-state index is 11.4. The predicted octanol–water partition coefficient (Wildman–Crippen LogP) is 2.75. The minimum absolute atomic E-state index is 0.210. The smallest absolute Gasteiger partial charge is 0.330 e. The number of rotatable bonds is 3. The van der Waals surface area contributed by atoms with Crippen LogP contribution in [0.2, 0.25) is 10.0 Å². The average Bonchev–Trinajstić information content (AvgIpc) is 3.02. The Bertz CT molecular complexity index is 422. The molecule has 0 N–H and O–H groups in total. The van der Waals surface area contributed by atoms with E-state index in [0.717, 1.165) is 5.69 Å². The molecule has 2 rings (SSSR count). The molecule has 86 valence electrons. The molecule has 1 aromatic rings. The first-order valence-corrected chi connectivity index (χ1v) is 5.78. The van der Waals surface area contributed by atoms with E-state index in [1.807, 2.05) is 17.0 Å². The summed E-state index contributed by atoms with van der Waals surface area (Å²) in [5.41, 5.74) is 0.784. The van der Waals surface area contributed by atoms with E-state index < -0.39 is 0 Å². The van der Waals surface area contributed by atoms with E-state index in [9.17, 15) is 4.79 Å². The lowest BCUT2D eigenvalue weighted by Crippen LogP contribution is -2.15. The highest BCUT2D eigenvalue weighted by Gasteiger charge is 2.42. The minimum Gasteiger partial charge on any atom is -0.464 e. The van der Waals surface area contributed by atoms with Crippen LogP contribution in [0.4, 0.5) is 5.69 Å². The van der Waals surface area contributed by atoms with Gasteiger partial charge in [0.15, 0.2) is 0 Å². The van der Waals surface area contributed by atoms with Crippen LogP contribution in [-0.4, -0.2) is 25.2 Å². The molecule has 1 fully saturated rings. The number of esters is 1. The second-order valence-electron chi connectivity index (χ2n) is 3.49. The zero-order valence-electron chi connectivity index (χ0n) is 8.74. The van der Waals surface area contributed by atoms with Gasteiger partial charge in [0.1, 0.15) is 6.04 Å². The van der Waals surface area contributed by atoms with Crippen LogP contribution in [-0.2, 0) is 9.53 Å². The van der Waals surface area contributed by atoms with Crippen LogP contribution in [0.3, 0.4) is 0 Å². The fraction of sp³-hybridized carbons (Fsp3) is 0.364. The molecular formula is C11H11Cl2NO2. The number of hydrogen-bond donors (Lipinski definition) is 0. The quantitative estimate of drug-likeness (QED) is 0.618. The van der Waals surface area contributed by atoms with Crippen molar-refractivity contribution in [2.24, 2.45) is 0 Å². The Kier molecular flexibility index (Phi) is 3.26. The molecule has 1 unspecified atom stereocenters. The van der Waals surface area contributed by atoms with Crippen LogP contribution in [0.1, 0.15) is 6.92 Å². The molecule has 1 aliphatic rings. The van der Waals surface area contributed by atoms with Gasteiger partial charge in [-0.25, -0.2) is 4.79 Å². The fourth-order valence-electron chi connectivity index (χ4n) is 1.56. The molecule has 3 nitrogen and oxygen atoms in total. The van der Waals surface area contributed by atoms with Crippen LogP contribution in [0, 0.1) is 0 Å². The largest absolute Gasteiger partial charge is 0.464 e. The number of anilines is 1. The van der Waals surface area contributed by atoms with Gasteiger partial charge < -0.3 is 9.64 Å². The highest BCUT2D eigenvalue weighted by atomic mass is 35.5. The lowest BCUT2D eigenvalue weighted by molar-refractivity contribution is -0.142. The Hall–Kier alpha value is -0.930. The molecule has 0 saturated carbocycles. The summed E-state index contributed by atoms with van der Waals surface area (Å²) >= 11 is 11.9. The summed E-state index contributed by atoms with van der Waals surface area (Å²) in [5.74, 6) is -0.210. The van der Waals surface area contributed by atoms with Crippen LogP contribution < -0.4 is 4.90 Å². The van der Waals surface area contributed by atoms with E-state index in [2.05, 4.69) is 0 Å². The van der Waals surface area contributed by atoms with Gasteiger partial charge in [0, 0.05) is 0 Å². The van der Waals surface area contributed by atoms with E-state index >= 15 is 0 Å². The molecule has 1 aliphatic heterocycles. The van der Waals surface area contributed by atoms with Gasteiger partial charge in [-0.3, -0.25) is 0 Å². The summed E-state index contributed by atoms with van der Waals surface area (Å²) in [6.07, 6.45) is 0. The van der Waals surface area contributed by atoms with Crippen molar-refractivity contribution in [2.75, 3.05) is 18.1 Å². The standard InChI is InChI=1S/C11H11Cl2NO2/c1-2-16-11(15)9-6-14(9)8-5-3-4-7(12)10(8)13/h3-5,9H,2,6H2,1H3. The Morgan fingerprint density at radius 2 is 2.31 bits per heavy atom. The van der Waals surface area contributed by atoms with Gasteiger partial charge in [0.25, 0.3) is 0 Å². The lowest BCUT2D eigenvalue weighted by atomic mass is 10.3. The number of ether oxygens (including phenoxy) is 1. The van der Waals surface area contributed by atoms with Crippen molar-refractivity contribution < 1.29 is 9.53 Å². The SMILES string of the molecule is CCOC(=O)C1CN1c1cccc(Cl)c1Cl. The van der Waals surface area contributed by atoms with Crippen molar-refractivity contribution in [3.63, 3.8) is 0 Å². The number of nitrogens with zero attached hydrogens (tertiary/aromatic N) is 1. The maximum absolute atomic E-state index is 11.4. The molecule has 0 amide bonds. The molecule has 1 heterocycles. The molecule has 0 aromatic heterocycles. The van der Waals surface area contributed by atoms with Crippen LogP contribution in [0.5, 0.6) is 0 Å². The molecule has 5 heteroatoms. The first kappa shape index (κ1) is 11.6. The van der Waals surface area contributed by atoms with Gasteiger partial charge in [-0.15, -0.1) is 0 Å². The van der Waals surface area contributed by atoms with E-state index in [1.165, 1.54) is 0 Å². The summed E-state index contributed by atoms with van der Waals surface area (Å²) in [6, 6.07) is 5.16. The van der Waals surface area contributed by atoms with E-state index in [-0.39, 0.29) is 12.0 Å². The number of benzene rings is 1. The second kappa shape index (κ2) is 4.52. The van der Waals surface area contributed by atoms with Gasteiger partial charge in [-0.2, -0.15) is 0 Å². The number of hydrogen-bond acceptors (Lipinski definition) is 3. The van der Waals surface area contributed by atoms with Gasteiger partial charge >= 0.3 is 5.97 Å². The topological polar surface area (TPSA) is 29.3 Å². The Morgan fingerprint density at radius 3 is 3.00 bits per heavy atom. The first-order valence-electron chi connectivity index (χ1n) is 5.02. The first-order chi connectivity index (χ1) is 7.65. The summed E-state index contributed by atoms with van der Waals surface area (Å²) < 4.78 is 4.93. The minimum atomic E-state index is -0.212. The van der Waals surface area contributed by atoms with Crippen LogP contribution >= 0.6 is 23.2 Å². The third-order valence-corrected chi connectivity index (χ3v) is 3.22. The molecule has 0 radical (unpaired) electrons. The monoisotopic (exact) mass is 259 g/mol. The normalized spacial score (nSPS) is 18.4. The van der Waals surface area contributed by atoms with Crippen molar-refractivity contribution in [1.29, 1.82) is 0 Å². The van der Waals surface area contributed by atoms with Gasteiger partial charge in [-0.05, 0) is 19.1 Å². The number of carbonyl (C=O) groups is 1. The third kappa shape index (κ3) is 2.11. The van der Waals surface area contributed by atoms with E-state index in [4.69, 9.17) is 27.9 Å². The van der Waals surface area contributed by atoms with Gasteiger partial charge in [0.05, 0.1) is 28.9 Å². The zero-order valence-corrected chi connectivity index (χ0v) is 10.3. The average molecular weight is 260 g/mol. The predicted molar refractivity (Wildman–Crippen MR) is 64.2 cm³/mol. The third-order valence-electron chi connectivity index (χ3n) is 2.41. The molecule has 1 atom stereocenters. The molecule has 0 spiro atoms. The summed E-state index contributed by atoms with van der Waals surface area (Å²) in [4.78, 5) is 13.3. The van der Waals surface area contributed by atoms with Gasteiger partial charge in [-0.1, -0.05) is 29.3 Å². The fourth-order valence-corrected chi connectivity index (χ4v) is 1.96. The molecule has 16 heavy (non-hydrogen) atoms. The van der Waals surface area contributed by atoms with Crippen molar-refractivity contribution in [3.05, 3.63) is 28.2 Å². The Morgan fingerprint density at radius 1 is 1.56 bits per heavy atom. The van der Waals surface area contributed by atoms with Gasteiger partial charge in [0.2, 0.25) is 0 Å². The molecular weight excluding hydrogens is 249 g/mol. The molecule has 1 saturated heterocycles. The van der Waals surface area contributed by atoms with Crippen molar-refractivity contribution in [2.45, 2.75) is 13.0 Å². The van der Waals surface area contributed by atoms with E-state index in [1.54, 1.807) is 13.0 Å².